The maximum atomic E-state index is 11.8. The Balaban J connectivity index is 2.65. The van der Waals surface area contributed by atoms with Gasteiger partial charge in [0.25, 0.3) is 5.91 Å². The summed E-state index contributed by atoms with van der Waals surface area (Å²) in [4.78, 5) is 11.8. The number of nitrogens with zero attached hydrogens (tertiary/aromatic N) is 1. The van der Waals surface area contributed by atoms with E-state index in [0.29, 0.717) is 23.6 Å². The Labute approximate surface area is 107 Å². The summed E-state index contributed by atoms with van der Waals surface area (Å²) in [6.07, 6.45) is 1.03. The summed E-state index contributed by atoms with van der Waals surface area (Å²) in [5.74, 6) is 0.383. The monoisotopic (exact) mass is 249 g/mol. The molecule has 0 aliphatic carbocycles. The van der Waals surface area contributed by atoms with Crippen LogP contribution < -0.4 is 11.1 Å². The zero-order valence-corrected chi connectivity index (χ0v) is 10.7. The summed E-state index contributed by atoms with van der Waals surface area (Å²) in [5.41, 5.74) is 6.58. The van der Waals surface area contributed by atoms with E-state index in [2.05, 4.69) is 24.3 Å². The van der Waals surface area contributed by atoms with E-state index in [-0.39, 0.29) is 11.7 Å². The molecule has 0 aromatic heterocycles. The fraction of sp³-hybridized carbons (Fsp3) is 0.385. The normalized spacial score (nSPS) is 13.1. The molecule has 0 fully saturated rings. The predicted octanol–water partition coefficient (Wildman–Crippen LogP) is 1.56. The third-order valence-corrected chi connectivity index (χ3v) is 2.86. The van der Waals surface area contributed by atoms with E-state index in [1.807, 2.05) is 0 Å². The Morgan fingerprint density at radius 3 is 2.44 bits per heavy atom. The second kappa shape index (κ2) is 6.64. The van der Waals surface area contributed by atoms with Crippen LogP contribution >= 0.6 is 0 Å². The molecule has 5 nitrogen and oxygen atoms in total. The average molecular weight is 249 g/mol. The summed E-state index contributed by atoms with van der Waals surface area (Å²) in [6, 6.07) is 6.60. The molecular weight excluding hydrogens is 230 g/mol. The number of carbonyl (C=O) groups is 1. The number of amidine groups is 1. The first kappa shape index (κ1) is 14.0. The number of benzene rings is 1. The van der Waals surface area contributed by atoms with Crippen LogP contribution in [0.5, 0.6) is 0 Å². The number of hydrogen-bond acceptors (Lipinski definition) is 3. The van der Waals surface area contributed by atoms with E-state index in [4.69, 9.17) is 10.9 Å². The minimum Gasteiger partial charge on any atom is -0.409 e. The first-order valence-corrected chi connectivity index (χ1v) is 5.94. The fourth-order valence-electron chi connectivity index (χ4n) is 1.36. The number of amides is 1. The molecule has 4 N–H and O–H groups in total. The molecule has 0 spiro atoms. The molecule has 1 unspecified atom stereocenters. The van der Waals surface area contributed by atoms with Crippen LogP contribution in [0.25, 0.3) is 0 Å². The van der Waals surface area contributed by atoms with Crippen molar-refractivity contribution in [3.8, 4) is 0 Å². The highest BCUT2D eigenvalue weighted by molar-refractivity contribution is 5.99. The number of oxime groups is 1. The molecular formula is C13H19N3O2. The fourth-order valence-corrected chi connectivity index (χ4v) is 1.36. The quantitative estimate of drug-likeness (QED) is 0.320. The molecule has 18 heavy (non-hydrogen) atoms. The van der Waals surface area contributed by atoms with E-state index in [9.17, 15) is 4.79 Å². The van der Waals surface area contributed by atoms with Gasteiger partial charge in [0.2, 0.25) is 0 Å². The van der Waals surface area contributed by atoms with Crippen molar-refractivity contribution in [2.75, 3.05) is 6.54 Å². The van der Waals surface area contributed by atoms with Crippen molar-refractivity contribution >= 4 is 11.7 Å². The van der Waals surface area contributed by atoms with Gasteiger partial charge in [0.15, 0.2) is 5.84 Å². The van der Waals surface area contributed by atoms with Crippen molar-refractivity contribution < 1.29 is 10.0 Å². The lowest BCUT2D eigenvalue weighted by Crippen LogP contribution is -2.28. The molecule has 0 aliphatic heterocycles. The number of nitrogens with one attached hydrogen (secondary N) is 1. The molecule has 0 radical (unpaired) electrons. The van der Waals surface area contributed by atoms with Gasteiger partial charge in [-0.25, -0.2) is 0 Å². The third-order valence-electron chi connectivity index (χ3n) is 2.86. The highest BCUT2D eigenvalue weighted by atomic mass is 16.4. The van der Waals surface area contributed by atoms with Gasteiger partial charge in [0.1, 0.15) is 0 Å². The number of hydrogen-bond donors (Lipinski definition) is 3. The lowest BCUT2D eigenvalue weighted by Gasteiger charge is -2.10. The molecule has 0 bridgehead atoms. The largest absolute Gasteiger partial charge is 0.409 e. The van der Waals surface area contributed by atoms with Gasteiger partial charge in [0, 0.05) is 17.7 Å². The minimum absolute atomic E-state index is 0.0292. The van der Waals surface area contributed by atoms with Crippen LogP contribution in [0.15, 0.2) is 29.4 Å². The van der Waals surface area contributed by atoms with Gasteiger partial charge >= 0.3 is 0 Å². The van der Waals surface area contributed by atoms with Crippen LogP contribution in [0.2, 0.25) is 0 Å². The summed E-state index contributed by atoms with van der Waals surface area (Å²) in [5, 5.41) is 14.3. The molecule has 5 heteroatoms. The van der Waals surface area contributed by atoms with Gasteiger partial charge in [-0.1, -0.05) is 37.6 Å². The Kier molecular flexibility index (Phi) is 5.17. The van der Waals surface area contributed by atoms with E-state index >= 15 is 0 Å². The topological polar surface area (TPSA) is 87.7 Å². The van der Waals surface area contributed by atoms with Crippen LogP contribution in [0.4, 0.5) is 0 Å². The average Bonchev–Trinajstić information content (AvgIpc) is 2.43. The van der Waals surface area contributed by atoms with Gasteiger partial charge in [-0.05, 0) is 18.1 Å². The predicted molar refractivity (Wildman–Crippen MR) is 70.7 cm³/mol. The molecule has 1 atom stereocenters. The SMILES string of the molecule is CCC(C)CNC(=O)c1ccc(C(N)=NO)cc1. The molecule has 1 aromatic rings. The zero-order valence-electron chi connectivity index (χ0n) is 10.7. The number of rotatable bonds is 5. The Morgan fingerprint density at radius 2 is 1.94 bits per heavy atom. The smallest absolute Gasteiger partial charge is 0.251 e. The van der Waals surface area contributed by atoms with Crippen molar-refractivity contribution in [2.45, 2.75) is 20.3 Å². The van der Waals surface area contributed by atoms with Gasteiger partial charge in [-0.2, -0.15) is 0 Å². The second-order valence-electron chi connectivity index (χ2n) is 4.29. The lowest BCUT2D eigenvalue weighted by atomic mass is 10.1. The van der Waals surface area contributed by atoms with E-state index < -0.39 is 0 Å². The molecule has 0 saturated heterocycles. The highest BCUT2D eigenvalue weighted by Gasteiger charge is 2.07. The Bertz CT molecular complexity index is 426. The van der Waals surface area contributed by atoms with Crippen LogP contribution in [0, 0.1) is 5.92 Å². The molecule has 0 saturated carbocycles. The van der Waals surface area contributed by atoms with Crippen molar-refractivity contribution in [3.63, 3.8) is 0 Å². The zero-order chi connectivity index (χ0) is 13.5. The summed E-state index contributed by atoms with van der Waals surface area (Å²) < 4.78 is 0. The van der Waals surface area contributed by atoms with E-state index in [1.165, 1.54) is 0 Å². The number of nitrogens with two attached hydrogens (primary N) is 1. The molecule has 0 aliphatic rings. The van der Waals surface area contributed by atoms with Gasteiger partial charge < -0.3 is 16.3 Å². The molecule has 98 valence electrons. The minimum atomic E-state index is -0.110. The highest BCUT2D eigenvalue weighted by Crippen LogP contribution is 2.05. The van der Waals surface area contributed by atoms with E-state index in [1.54, 1.807) is 24.3 Å². The third kappa shape index (κ3) is 3.76. The van der Waals surface area contributed by atoms with Crippen molar-refractivity contribution in [1.82, 2.24) is 5.32 Å². The molecule has 0 heterocycles. The summed E-state index contributed by atoms with van der Waals surface area (Å²) in [6.45, 7) is 4.84. The standard InChI is InChI=1S/C13H19N3O2/c1-3-9(2)8-15-13(17)11-6-4-10(5-7-11)12(14)16-18/h4-7,9,18H,3,8H2,1-2H3,(H2,14,16)(H,15,17). The lowest BCUT2D eigenvalue weighted by molar-refractivity contribution is 0.0948. The van der Waals surface area contributed by atoms with Gasteiger partial charge in [-0.3, -0.25) is 4.79 Å². The van der Waals surface area contributed by atoms with Gasteiger partial charge in [0.05, 0.1) is 0 Å². The molecule has 1 amide bonds. The summed E-state index contributed by atoms with van der Waals surface area (Å²) >= 11 is 0. The Morgan fingerprint density at radius 1 is 1.39 bits per heavy atom. The van der Waals surface area contributed by atoms with E-state index in [0.717, 1.165) is 6.42 Å². The second-order valence-corrected chi connectivity index (χ2v) is 4.29. The maximum Gasteiger partial charge on any atom is 0.251 e. The molecule has 1 aromatic carbocycles. The van der Waals surface area contributed by atoms with Crippen molar-refractivity contribution in [1.29, 1.82) is 0 Å². The maximum absolute atomic E-state index is 11.8. The van der Waals surface area contributed by atoms with Crippen molar-refractivity contribution in [2.24, 2.45) is 16.8 Å². The van der Waals surface area contributed by atoms with Crippen LogP contribution in [0.3, 0.4) is 0 Å². The van der Waals surface area contributed by atoms with Crippen LogP contribution in [0.1, 0.15) is 36.2 Å². The number of carbonyl (C=O) groups excluding carboxylic acids is 1. The summed E-state index contributed by atoms with van der Waals surface area (Å²) in [7, 11) is 0. The van der Waals surface area contributed by atoms with Gasteiger partial charge in [-0.15, -0.1) is 0 Å². The first-order valence-electron chi connectivity index (χ1n) is 5.94. The first-order chi connectivity index (χ1) is 8.58. The van der Waals surface area contributed by atoms with Crippen molar-refractivity contribution in [3.05, 3.63) is 35.4 Å². The Hall–Kier alpha value is -2.04. The molecule has 1 rings (SSSR count). The van der Waals surface area contributed by atoms with Crippen LogP contribution in [-0.4, -0.2) is 23.5 Å². The van der Waals surface area contributed by atoms with Crippen LogP contribution in [-0.2, 0) is 0 Å².